The Kier molecular flexibility index (Phi) is 8.59. The third-order valence-corrected chi connectivity index (χ3v) is 5.59. The predicted octanol–water partition coefficient (Wildman–Crippen LogP) is 5.07. The summed E-state index contributed by atoms with van der Waals surface area (Å²) in [5.41, 5.74) is 2.08. The van der Waals surface area contributed by atoms with Crippen molar-refractivity contribution >= 4 is 28.7 Å². The Morgan fingerprint density at radius 1 is 1.36 bits per heavy atom. The van der Waals surface area contributed by atoms with Crippen LogP contribution in [0.5, 0.6) is 11.5 Å². The molecule has 152 valence electrons. The topological polar surface area (TPSA) is 83.1 Å². The SMILES string of the molecule is C=C[C@H]([C@H](O)CC/C(=C/c1cc(I)c(O)c(OC)c1)CC)[C@H](O)c1ccco1. The first kappa shape index (κ1) is 22.5. The average Bonchev–Trinajstić information content (AvgIpc) is 3.22. The van der Waals surface area contributed by atoms with Crippen LogP contribution in [0, 0.1) is 9.49 Å². The third kappa shape index (κ3) is 5.62. The van der Waals surface area contributed by atoms with E-state index in [0.717, 1.165) is 17.6 Å². The summed E-state index contributed by atoms with van der Waals surface area (Å²) in [4.78, 5) is 0. The van der Waals surface area contributed by atoms with Crippen molar-refractivity contribution in [2.45, 2.75) is 38.4 Å². The molecule has 0 saturated carbocycles. The molecule has 0 radical (unpaired) electrons. The largest absolute Gasteiger partial charge is 0.504 e. The predicted molar refractivity (Wildman–Crippen MR) is 118 cm³/mol. The summed E-state index contributed by atoms with van der Waals surface area (Å²) in [7, 11) is 1.52. The maximum absolute atomic E-state index is 10.6. The van der Waals surface area contributed by atoms with Gasteiger partial charge >= 0.3 is 0 Å². The molecule has 3 atom stereocenters. The highest BCUT2D eigenvalue weighted by atomic mass is 127. The van der Waals surface area contributed by atoms with Gasteiger partial charge in [-0.25, -0.2) is 0 Å². The number of phenols is 1. The number of aliphatic hydroxyl groups excluding tert-OH is 2. The molecule has 3 N–H and O–H groups in total. The molecule has 0 bridgehead atoms. The molecule has 0 fully saturated rings. The average molecular weight is 498 g/mol. The van der Waals surface area contributed by atoms with Gasteiger partial charge in [-0.3, -0.25) is 0 Å². The molecule has 1 heterocycles. The van der Waals surface area contributed by atoms with Crippen molar-refractivity contribution in [3.63, 3.8) is 0 Å². The van der Waals surface area contributed by atoms with E-state index in [9.17, 15) is 15.3 Å². The maximum Gasteiger partial charge on any atom is 0.171 e. The second-order valence-corrected chi connectivity index (χ2v) is 7.75. The van der Waals surface area contributed by atoms with Crippen molar-refractivity contribution in [2.24, 2.45) is 5.92 Å². The van der Waals surface area contributed by atoms with Crippen molar-refractivity contribution < 1.29 is 24.5 Å². The molecule has 0 amide bonds. The Morgan fingerprint density at radius 2 is 2.11 bits per heavy atom. The molecule has 1 aromatic carbocycles. The van der Waals surface area contributed by atoms with Crippen LogP contribution in [0.25, 0.3) is 6.08 Å². The van der Waals surface area contributed by atoms with Crippen LogP contribution >= 0.6 is 22.6 Å². The third-order valence-electron chi connectivity index (χ3n) is 4.77. The highest BCUT2D eigenvalue weighted by molar-refractivity contribution is 14.1. The van der Waals surface area contributed by atoms with Crippen LogP contribution < -0.4 is 4.74 Å². The summed E-state index contributed by atoms with van der Waals surface area (Å²) < 4.78 is 11.2. The minimum Gasteiger partial charge on any atom is -0.504 e. The molecular formula is C22H27IO5. The van der Waals surface area contributed by atoms with Crippen molar-refractivity contribution in [1.29, 1.82) is 0 Å². The van der Waals surface area contributed by atoms with Crippen molar-refractivity contribution in [2.75, 3.05) is 7.11 Å². The minimum atomic E-state index is -0.931. The number of furan rings is 1. The number of ether oxygens (including phenoxy) is 1. The lowest BCUT2D eigenvalue weighted by atomic mass is 9.90. The van der Waals surface area contributed by atoms with Gasteiger partial charge in [0.1, 0.15) is 11.9 Å². The number of aromatic hydroxyl groups is 1. The molecule has 1 aromatic heterocycles. The van der Waals surface area contributed by atoms with Crippen LogP contribution in [-0.4, -0.2) is 28.5 Å². The second-order valence-electron chi connectivity index (χ2n) is 6.59. The zero-order chi connectivity index (χ0) is 20.7. The van der Waals surface area contributed by atoms with Crippen LogP contribution in [0.15, 0.2) is 53.2 Å². The first-order valence-corrected chi connectivity index (χ1v) is 10.3. The minimum absolute atomic E-state index is 0.134. The van der Waals surface area contributed by atoms with E-state index < -0.39 is 18.1 Å². The van der Waals surface area contributed by atoms with E-state index in [-0.39, 0.29) is 5.75 Å². The number of rotatable bonds is 10. The van der Waals surface area contributed by atoms with Crippen molar-refractivity contribution in [1.82, 2.24) is 0 Å². The van der Waals surface area contributed by atoms with E-state index in [1.807, 2.05) is 12.1 Å². The summed E-state index contributed by atoms with van der Waals surface area (Å²) >= 11 is 2.07. The second kappa shape index (κ2) is 10.7. The van der Waals surface area contributed by atoms with Gasteiger partial charge in [0.25, 0.3) is 0 Å². The number of halogens is 1. The standard InChI is InChI=1S/C22H27IO5/c1-4-14(11-15-12-17(23)22(26)20(13-15)27-3)8-9-18(24)16(5-2)21(25)19-7-6-10-28-19/h5-7,10-13,16,18,21,24-26H,2,4,8-9H2,1,3H3/b14-11+/t16-,18-,21+/m1/s1. The maximum atomic E-state index is 10.6. The van der Waals surface area contributed by atoms with Gasteiger partial charge in [-0.1, -0.05) is 24.6 Å². The van der Waals surface area contributed by atoms with E-state index in [2.05, 4.69) is 36.1 Å². The molecule has 0 saturated heterocycles. The molecular weight excluding hydrogens is 471 g/mol. The number of methoxy groups -OCH3 is 1. The number of benzene rings is 1. The monoisotopic (exact) mass is 498 g/mol. The van der Waals surface area contributed by atoms with Gasteiger partial charge in [-0.2, -0.15) is 0 Å². The number of allylic oxidation sites excluding steroid dienone is 1. The summed E-state index contributed by atoms with van der Waals surface area (Å²) in [5.74, 6) is 0.469. The first-order valence-electron chi connectivity index (χ1n) is 9.19. The summed E-state index contributed by atoms with van der Waals surface area (Å²) in [6, 6.07) is 7.07. The first-order chi connectivity index (χ1) is 13.4. The summed E-state index contributed by atoms with van der Waals surface area (Å²) in [6.07, 6.45) is 5.42. The van der Waals surface area contributed by atoms with Crippen LogP contribution in [0.2, 0.25) is 0 Å². The van der Waals surface area contributed by atoms with Crippen LogP contribution in [-0.2, 0) is 0 Å². The van der Waals surface area contributed by atoms with E-state index >= 15 is 0 Å². The Labute approximate surface area is 179 Å². The molecule has 0 unspecified atom stereocenters. The van der Waals surface area contributed by atoms with Crippen molar-refractivity contribution in [3.05, 3.63) is 63.7 Å². The molecule has 28 heavy (non-hydrogen) atoms. The van der Waals surface area contributed by atoms with E-state index in [1.165, 1.54) is 13.4 Å². The normalized spacial score (nSPS) is 15.1. The van der Waals surface area contributed by atoms with Gasteiger partial charge in [0.05, 0.1) is 23.0 Å². The Balaban J connectivity index is 2.09. The fourth-order valence-electron chi connectivity index (χ4n) is 3.09. The van der Waals surface area contributed by atoms with Crippen LogP contribution in [0.1, 0.15) is 43.6 Å². The number of hydrogen-bond donors (Lipinski definition) is 3. The number of phenolic OH excluding ortho intramolecular Hbond substituents is 1. The lowest BCUT2D eigenvalue weighted by Crippen LogP contribution is -2.25. The van der Waals surface area contributed by atoms with Crippen molar-refractivity contribution in [3.8, 4) is 11.5 Å². The van der Waals surface area contributed by atoms with Crippen LogP contribution in [0.4, 0.5) is 0 Å². The van der Waals surface area contributed by atoms with Gasteiger partial charge in [-0.15, -0.1) is 6.58 Å². The molecule has 0 aliphatic rings. The highest BCUT2D eigenvalue weighted by Crippen LogP contribution is 2.34. The zero-order valence-electron chi connectivity index (χ0n) is 16.1. The van der Waals surface area contributed by atoms with Gasteiger partial charge in [-0.05, 0) is 71.7 Å². The Bertz CT molecular complexity index is 798. The molecule has 0 aliphatic heterocycles. The molecule has 0 aliphatic carbocycles. The van der Waals surface area contributed by atoms with Gasteiger partial charge < -0.3 is 24.5 Å². The van der Waals surface area contributed by atoms with E-state index in [1.54, 1.807) is 24.3 Å². The number of aliphatic hydroxyl groups is 2. The summed E-state index contributed by atoms with van der Waals surface area (Å²) in [6.45, 7) is 5.81. The van der Waals surface area contributed by atoms with Gasteiger partial charge in [0, 0.05) is 5.92 Å². The van der Waals surface area contributed by atoms with Gasteiger partial charge in [0.15, 0.2) is 11.5 Å². The zero-order valence-corrected chi connectivity index (χ0v) is 18.3. The number of hydrogen-bond acceptors (Lipinski definition) is 5. The highest BCUT2D eigenvalue weighted by Gasteiger charge is 2.27. The van der Waals surface area contributed by atoms with Crippen LogP contribution in [0.3, 0.4) is 0 Å². The quantitative estimate of drug-likeness (QED) is 0.315. The van der Waals surface area contributed by atoms with E-state index in [0.29, 0.717) is 27.9 Å². The van der Waals surface area contributed by atoms with Gasteiger partial charge in [0.2, 0.25) is 0 Å². The Hall–Kier alpha value is -1.77. The molecule has 5 nitrogen and oxygen atoms in total. The molecule has 6 heteroatoms. The Morgan fingerprint density at radius 3 is 2.68 bits per heavy atom. The van der Waals surface area contributed by atoms with E-state index in [4.69, 9.17) is 9.15 Å². The lowest BCUT2D eigenvalue weighted by Gasteiger charge is -2.24. The summed E-state index contributed by atoms with van der Waals surface area (Å²) in [5, 5.41) is 31.0. The molecule has 2 rings (SSSR count). The lowest BCUT2D eigenvalue weighted by molar-refractivity contribution is 0.0208. The molecule has 2 aromatic rings. The smallest absolute Gasteiger partial charge is 0.171 e. The fraction of sp³-hybridized carbons (Fsp3) is 0.364. The fourth-order valence-corrected chi connectivity index (χ4v) is 3.72. The molecule has 0 spiro atoms.